The van der Waals surface area contributed by atoms with Crippen molar-refractivity contribution in [3.05, 3.63) is 82.6 Å². The van der Waals surface area contributed by atoms with E-state index in [2.05, 4.69) is 0 Å². The number of carbonyl (C=O) groups is 3. The molecule has 2 heterocycles. The lowest BCUT2D eigenvalue weighted by molar-refractivity contribution is -0.143. The van der Waals surface area contributed by atoms with Gasteiger partial charge in [-0.2, -0.15) is 0 Å². The number of methoxy groups -OCH3 is 3. The summed E-state index contributed by atoms with van der Waals surface area (Å²) >= 11 is 0. The summed E-state index contributed by atoms with van der Waals surface area (Å²) in [5.74, 6) is 0.156. The fourth-order valence-electron chi connectivity index (χ4n) is 4.54. The molecule has 3 aromatic rings. The van der Waals surface area contributed by atoms with E-state index in [0.29, 0.717) is 33.9 Å². The van der Waals surface area contributed by atoms with Gasteiger partial charge < -0.3 is 28.4 Å². The zero-order chi connectivity index (χ0) is 26.8. The zero-order valence-electron chi connectivity index (χ0n) is 20.9. The number of benzene rings is 3. The first-order valence-electron chi connectivity index (χ1n) is 11.8. The lowest BCUT2D eigenvalue weighted by atomic mass is 9.84. The van der Waals surface area contributed by atoms with E-state index in [1.165, 1.54) is 14.2 Å². The van der Waals surface area contributed by atoms with Crippen LogP contribution in [0.3, 0.4) is 0 Å². The average Bonchev–Trinajstić information content (AvgIpc) is 3.25. The maximum atomic E-state index is 13.3. The Morgan fingerprint density at radius 3 is 2.47 bits per heavy atom. The average molecular weight is 517 g/mol. The zero-order valence-corrected chi connectivity index (χ0v) is 20.9. The summed E-state index contributed by atoms with van der Waals surface area (Å²) in [5, 5.41) is 0. The predicted molar refractivity (Wildman–Crippen MR) is 135 cm³/mol. The van der Waals surface area contributed by atoms with Crippen molar-refractivity contribution in [3.8, 4) is 28.7 Å². The molecule has 0 spiro atoms. The van der Waals surface area contributed by atoms with E-state index in [4.69, 9.17) is 28.4 Å². The highest BCUT2D eigenvalue weighted by atomic mass is 16.6. The highest BCUT2D eigenvalue weighted by molar-refractivity contribution is 6.15. The SMILES string of the molecule is COC(=O)COc1c(OC)cccc1C1CC(=O)Oc2ccc3c(c21)O/C(=C\c1ccc(OC)cc1)C3=O. The Labute approximate surface area is 218 Å². The van der Waals surface area contributed by atoms with E-state index in [9.17, 15) is 14.4 Å². The van der Waals surface area contributed by atoms with Gasteiger partial charge in [-0.1, -0.05) is 24.3 Å². The van der Waals surface area contributed by atoms with Crippen LogP contribution in [0.25, 0.3) is 6.08 Å². The molecule has 0 aromatic heterocycles. The summed E-state index contributed by atoms with van der Waals surface area (Å²) in [6.45, 7) is -0.357. The second-order valence-electron chi connectivity index (χ2n) is 8.54. The third kappa shape index (κ3) is 4.54. The van der Waals surface area contributed by atoms with Crippen LogP contribution < -0.4 is 23.7 Å². The maximum Gasteiger partial charge on any atom is 0.343 e. The van der Waals surface area contributed by atoms with Gasteiger partial charge >= 0.3 is 11.9 Å². The maximum absolute atomic E-state index is 13.3. The van der Waals surface area contributed by atoms with Crippen LogP contribution in [0.1, 0.15) is 39.4 Å². The van der Waals surface area contributed by atoms with Crippen LogP contribution in [0.2, 0.25) is 0 Å². The second kappa shape index (κ2) is 10.3. The molecule has 0 radical (unpaired) electrons. The first kappa shape index (κ1) is 24.9. The van der Waals surface area contributed by atoms with Crippen LogP contribution in [-0.4, -0.2) is 45.7 Å². The van der Waals surface area contributed by atoms with Crippen LogP contribution in [0, 0.1) is 0 Å². The number of esters is 2. The van der Waals surface area contributed by atoms with E-state index in [1.54, 1.807) is 55.7 Å². The lowest BCUT2D eigenvalue weighted by Gasteiger charge is -2.28. The standard InChI is InChI=1S/C29H24O9/c1-33-17-9-7-16(8-10-17)13-23-27(32)19-11-12-21-26(29(19)38-23)20(14-24(30)37-21)18-5-4-6-22(34-2)28(18)36-15-25(31)35-3/h4-13,20H,14-15H2,1-3H3/b23-13-. The molecule has 5 rings (SSSR count). The van der Waals surface area contributed by atoms with Crippen LogP contribution in [0.5, 0.6) is 28.7 Å². The summed E-state index contributed by atoms with van der Waals surface area (Å²) < 4.78 is 32.8. The van der Waals surface area contributed by atoms with Crippen molar-refractivity contribution in [3.63, 3.8) is 0 Å². The van der Waals surface area contributed by atoms with Crippen LogP contribution in [0.4, 0.5) is 0 Å². The smallest absolute Gasteiger partial charge is 0.343 e. The first-order chi connectivity index (χ1) is 18.4. The molecule has 0 N–H and O–H groups in total. The minimum Gasteiger partial charge on any atom is -0.497 e. The molecule has 38 heavy (non-hydrogen) atoms. The molecule has 0 fully saturated rings. The number of rotatable bonds is 7. The summed E-state index contributed by atoms with van der Waals surface area (Å²) in [5.41, 5.74) is 2.21. The molecule has 2 aliphatic rings. The summed E-state index contributed by atoms with van der Waals surface area (Å²) in [7, 11) is 4.31. The van der Waals surface area contributed by atoms with Crippen LogP contribution in [-0.2, 0) is 14.3 Å². The Hall–Kier alpha value is -4.79. The van der Waals surface area contributed by atoms with Crippen molar-refractivity contribution >= 4 is 23.8 Å². The molecule has 1 unspecified atom stereocenters. The van der Waals surface area contributed by atoms with Gasteiger partial charge in [0.15, 0.2) is 23.9 Å². The van der Waals surface area contributed by atoms with Gasteiger partial charge in [-0.3, -0.25) is 9.59 Å². The van der Waals surface area contributed by atoms with Gasteiger partial charge in [0.1, 0.15) is 17.2 Å². The fraction of sp³-hybridized carbons (Fsp3) is 0.207. The van der Waals surface area contributed by atoms with Gasteiger partial charge in [0.05, 0.1) is 33.3 Å². The Morgan fingerprint density at radius 1 is 0.974 bits per heavy atom. The molecule has 0 amide bonds. The monoisotopic (exact) mass is 516 g/mol. The molecule has 3 aromatic carbocycles. The van der Waals surface area contributed by atoms with E-state index in [1.807, 2.05) is 12.1 Å². The third-order valence-corrected chi connectivity index (χ3v) is 6.36. The highest BCUT2D eigenvalue weighted by Crippen LogP contribution is 2.51. The molecular formula is C29H24O9. The number of hydrogen-bond donors (Lipinski definition) is 0. The topological polar surface area (TPSA) is 107 Å². The van der Waals surface area contributed by atoms with Crippen molar-refractivity contribution in [2.24, 2.45) is 0 Å². The lowest BCUT2D eigenvalue weighted by Crippen LogP contribution is -2.22. The minimum atomic E-state index is -0.600. The minimum absolute atomic E-state index is 0.0414. The van der Waals surface area contributed by atoms with Crippen molar-refractivity contribution in [2.45, 2.75) is 12.3 Å². The largest absolute Gasteiger partial charge is 0.497 e. The van der Waals surface area contributed by atoms with Gasteiger partial charge in [0.2, 0.25) is 5.78 Å². The van der Waals surface area contributed by atoms with Crippen molar-refractivity contribution < 1.29 is 42.8 Å². The number of ketones is 1. The van der Waals surface area contributed by atoms with E-state index in [-0.39, 0.29) is 36.1 Å². The molecule has 194 valence electrons. The molecule has 0 saturated heterocycles. The third-order valence-electron chi connectivity index (χ3n) is 6.36. The molecule has 0 bridgehead atoms. The molecule has 9 heteroatoms. The number of para-hydroxylation sites is 1. The van der Waals surface area contributed by atoms with Crippen molar-refractivity contribution in [1.29, 1.82) is 0 Å². The molecule has 0 saturated carbocycles. The number of ether oxygens (including phenoxy) is 6. The second-order valence-corrected chi connectivity index (χ2v) is 8.54. The van der Waals surface area contributed by atoms with Crippen molar-refractivity contribution in [1.82, 2.24) is 0 Å². The molecule has 9 nitrogen and oxygen atoms in total. The summed E-state index contributed by atoms with van der Waals surface area (Å²) in [6.07, 6.45) is 1.61. The number of allylic oxidation sites excluding steroid dienone is 1. The van der Waals surface area contributed by atoms with Crippen LogP contribution >= 0.6 is 0 Å². The number of fused-ring (bicyclic) bond motifs is 3. The molecule has 1 atom stereocenters. The van der Waals surface area contributed by atoms with Gasteiger partial charge in [0, 0.05) is 17.0 Å². The Kier molecular flexibility index (Phi) is 6.74. The Bertz CT molecular complexity index is 1450. The fourth-order valence-corrected chi connectivity index (χ4v) is 4.54. The molecular weight excluding hydrogens is 492 g/mol. The van der Waals surface area contributed by atoms with Gasteiger partial charge in [-0.15, -0.1) is 0 Å². The van der Waals surface area contributed by atoms with Gasteiger partial charge in [0.25, 0.3) is 0 Å². The van der Waals surface area contributed by atoms with E-state index < -0.39 is 17.9 Å². The van der Waals surface area contributed by atoms with E-state index in [0.717, 1.165) is 5.56 Å². The Balaban J connectivity index is 1.59. The highest BCUT2D eigenvalue weighted by Gasteiger charge is 2.40. The Morgan fingerprint density at radius 2 is 1.76 bits per heavy atom. The van der Waals surface area contributed by atoms with Gasteiger partial charge in [-0.05, 0) is 42.0 Å². The number of hydrogen-bond acceptors (Lipinski definition) is 9. The van der Waals surface area contributed by atoms with E-state index >= 15 is 0 Å². The molecule has 2 aliphatic heterocycles. The first-order valence-corrected chi connectivity index (χ1v) is 11.8. The quantitative estimate of drug-likeness (QED) is 0.258. The summed E-state index contributed by atoms with van der Waals surface area (Å²) in [4.78, 5) is 37.7. The van der Waals surface area contributed by atoms with Gasteiger partial charge in [-0.25, -0.2) is 4.79 Å². The molecule has 0 aliphatic carbocycles. The number of Topliss-reactive ketones (excluding diaryl/α,β-unsaturated/α-hetero) is 1. The van der Waals surface area contributed by atoms with Crippen molar-refractivity contribution in [2.75, 3.05) is 27.9 Å². The predicted octanol–water partition coefficient (Wildman–Crippen LogP) is 4.31. The summed E-state index contributed by atoms with van der Waals surface area (Å²) in [6, 6.07) is 15.6. The normalized spacial score (nSPS) is 16.7. The van der Waals surface area contributed by atoms with Crippen LogP contribution in [0.15, 0.2) is 60.4 Å². The number of carbonyl (C=O) groups excluding carboxylic acids is 3.